The molecular formula is C16H22N2O6S. The minimum absolute atomic E-state index is 0.0613. The zero-order valence-electron chi connectivity index (χ0n) is 13.9. The minimum Gasteiger partial charge on any atom is -0.479 e. The van der Waals surface area contributed by atoms with E-state index >= 15 is 0 Å². The van der Waals surface area contributed by atoms with Crippen LogP contribution in [0, 0.1) is 0 Å². The van der Waals surface area contributed by atoms with Gasteiger partial charge in [0.15, 0.2) is 6.10 Å². The summed E-state index contributed by atoms with van der Waals surface area (Å²) >= 11 is 0. The summed E-state index contributed by atoms with van der Waals surface area (Å²) in [4.78, 5) is 22.9. The van der Waals surface area contributed by atoms with Crippen LogP contribution in [0.15, 0.2) is 24.3 Å². The Kier molecular flexibility index (Phi) is 6.38. The number of carbonyl (C=O) groups is 2. The number of unbranched alkanes of at least 4 members (excludes halogenated alkanes) is 1. The summed E-state index contributed by atoms with van der Waals surface area (Å²) in [5, 5.41) is 11.5. The van der Waals surface area contributed by atoms with Gasteiger partial charge in [-0.2, -0.15) is 0 Å². The molecule has 138 valence electrons. The molecule has 0 aromatic heterocycles. The number of ether oxygens (including phenoxy) is 1. The van der Waals surface area contributed by atoms with Crippen LogP contribution in [0.3, 0.4) is 0 Å². The summed E-state index contributed by atoms with van der Waals surface area (Å²) in [6.45, 7) is 1.92. The van der Waals surface area contributed by atoms with Gasteiger partial charge in [0.2, 0.25) is 10.0 Å². The van der Waals surface area contributed by atoms with Crippen LogP contribution in [0.2, 0.25) is 0 Å². The minimum atomic E-state index is -3.37. The van der Waals surface area contributed by atoms with Crippen molar-refractivity contribution in [1.82, 2.24) is 0 Å². The Morgan fingerprint density at radius 2 is 1.76 bits per heavy atom. The molecule has 8 nitrogen and oxygen atoms in total. The number of carboxylic acid groups (broad SMARTS) is 1. The second kappa shape index (κ2) is 8.30. The summed E-state index contributed by atoms with van der Waals surface area (Å²) in [7, 11) is -3.37. The highest BCUT2D eigenvalue weighted by atomic mass is 32.2. The van der Waals surface area contributed by atoms with Gasteiger partial charge in [-0.15, -0.1) is 0 Å². The van der Waals surface area contributed by atoms with Crippen molar-refractivity contribution >= 4 is 33.3 Å². The Morgan fingerprint density at radius 3 is 2.32 bits per heavy atom. The molecule has 25 heavy (non-hydrogen) atoms. The van der Waals surface area contributed by atoms with Gasteiger partial charge in [-0.05, 0) is 43.5 Å². The number of benzene rings is 1. The van der Waals surface area contributed by atoms with E-state index in [0.717, 1.165) is 6.42 Å². The summed E-state index contributed by atoms with van der Waals surface area (Å²) in [5.74, 6) is -1.43. The highest BCUT2D eigenvalue weighted by molar-refractivity contribution is 7.92. The van der Waals surface area contributed by atoms with Gasteiger partial charge < -0.3 is 15.2 Å². The molecular weight excluding hydrogens is 348 g/mol. The lowest BCUT2D eigenvalue weighted by Crippen LogP contribution is -2.29. The van der Waals surface area contributed by atoms with Crippen molar-refractivity contribution in [2.75, 3.05) is 15.8 Å². The SMILES string of the molecule is CCCCS(=O)(=O)Nc1ccc(NC(=O)[C@@H]2CC[C@H](C(=O)O)O2)cc1. The van der Waals surface area contributed by atoms with Crippen LogP contribution >= 0.6 is 0 Å². The Balaban J connectivity index is 1.90. The van der Waals surface area contributed by atoms with E-state index in [1.165, 1.54) is 0 Å². The van der Waals surface area contributed by atoms with Crippen molar-refractivity contribution < 1.29 is 27.9 Å². The lowest BCUT2D eigenvalue weighted by molar-refractivity contribution is -0.150. The molecule has 1 aliphatic heterocycles. The predicted octanol–water partition coefficient (Wildman–Crippen LogP) is 1.80. The number of amides is 1. The van der Waals surface area contributed by atoms with Crippen molar-refractivity contribution in [3.8, 4) is 0 Å². The van der Waals surface area contributed by atoms with Crippen molar-refractivity contribution in [3.05, 3.63) is 24.3 Å². The molecule has 2 atom stereocenters. The Morgan fingerprint density at radius 1 is 1.16 bits per heavy atom. The average molecular weight is 370 g/mol. The summed E-state index contributed by atoms with van der Waals surface area (Å²) < 4.78 is 31.3. The number of anilines is 2. The molecule has 9 heteroatoms. The van der Waals surface area contributed by atoms with Gasteiger partial charge in [0.1, 0.15) is 6.10 Å². The molecule has 1 amide bonds. The van der Waals surface area contributed by atoms with Crippen LogP contribution in [0.25, 0.3) is 0 Å². The molecule has 1 aromatic rings. The fraction of sp³-hybridized carbons (Fsp3) is 0.500. The number of hydrogen-bond donors (Lipinski definition) is 3. The van der Waals surface area contributed by atoms with Gasteiger partial charge in [0.05, 0.1) is 5.75 Å². The monoisotopic (exact) mass is 370 g/mol. The lowest BCUT2D eigenvalue weighted by Gasteiger charge is -2.12. The van der Waals surface area contributed by atoms with Gasteiger partial charge >= 0.3 is 5.97 Å². The van der Waals surface area contributed by atoms with E-state index in [2.05, 4.69) is 10.0 Å². The van der Waals surface area contributed by atoms with E-state index in [1.807, 2.05) is 6.92 Å². The molecule has 1 saturated heterocycles. The van der Waals surface area contributed by atoms with E-state index < -0.39 is 34.1 Å². The van der Waals surface area contributed by atoms with Gasteiger partial charge in [0, 0.05) is 11.4 Å². The van der Waals surface area contributed by atoms with Crippen molar-refractivity contribution in [1.29, 1.82) is 0 Å². The van der Waals surface area contributed by atoms with Gasteiger partial charge in [0.25, 0.3) is 5.91 Å². The molecule has 1 aromatic carbocycles. The molecule has 1 fully saturated rings. The zero-order valence-corrected chi connectivity index (χ0v) is 14.7. The quantitative estimate of drug-likeness (QED) is 0.641. The highest BCUT2D eigenvalue weighted by Gasteiger charge is 2.34. The van der Waals surface area contributed by atoms with Crippen LogP contribution in [-0.4, -0.2) is 43.4 Å². The lowest BCUT2D eigenvalue weighted by atomic mass is 10.2. The largest absolute Gasteiger partial charge is 0.479 e. The van der Waals surface area contributed by atoms with Crippen LogP contribution in [0.5, 0.6) is 0 Å². The number of carbonyl (C=O) groups excluding carboxylic acids is 1. The predicted molar refractivity (Wildman–Crippen MR) is 92.9 cm³/mol. The van der Waals surface area contributed by atoms with Crippen LogP contribution in [0.1, 0.15) is 32.6 Å². The molecule has 0 saturated carbocycles. The van der Waals surface area contributed by atoms with Gasteiger partial charge in [-0.3, -0.25) is 9.52 Å². The summed E-state index contributed by atoms with van der Waals surface area (Å²) in [6.07, 6.45) is 0.272. The Bertz CT molecular complexity index is 717. The second-order valence-corrected chi connectivity index (χ2v) is 7.71. The first kappa shape index (κ1) is 19.2. The number of carboxylic acids is 1. The molecule has 0 unspecified atom stereocenters. The third-order valence-corrected chi connectivity index (χ3v) is 5.15. The van der Waals surface area contributed by atoms with Gasteiger partial charge in [-0.1, -0.05) is 13.3 Å². The molecule has 0 aliphatic carbocycles. The molecule has 0 spiro atoms. The third kappa shape index (κ3) is 5.71. The van der Waals surface area contributed by atoms with Gasteiger partial charge in [-0.25, -0.2) is 13.2 Å². The first-order valence-corrected chi connectivity index (χ1v) is 9.75. The average Bonchev–Trinajstić information content (AvgIpc) is 3.05. The maximum Gasteiger partial charge on any atom is 0.332 e. The van der Waals surface area contributed by atoms with Crippen LogP contribution in [-0.2, 0) is 24.3 Å². The second-order valence-electron chi connectivity index (χ2n) is 5.87. The number of aliphatic carboxylic acids is 1. The van der Waals surface area contributed by atoms with E-state index in [0.29, 0.717) is 30.6 Å². The van der Waals surface area contributed by atoms with E-state index in [9.17, 15) is 18.0 Å². The topological polar surface area (TPSA) is 122 Å². The van der Waals surface area contributed by atoms with Crippen LogP contribution < -0.4 is 10.0 Å². The molecule has 0 radical (unpaired) electrons. The fourth-order valence-corrected chi connectivity index (χ4v) is 3.69. The number of nitrogens with one attached hydrogen (secondary N) is 2. The standard InChI is InChI=1S/C16H22N2O6S/c1-2-3-10-25(22,23)18-12-6-4-11(5-7-12)17-15(19)13-8-9-14(24-13)16(20)21/h4-7,13-14,18H,2-3,8-10H2,1H3,(H,17,19)(H,20,21)/t13-,14+/m0/s1. The number of rotatable bonds is 8. The number of hydrogen-bond acceptors (Lipinski definition) is 5. The molecule has 1 heterocycles. The van der Waals surface area contributed by atoms with E-state index in [1.54, 1.807) is 24.3 Å². The molecule has 1 aliphatic rings. The van der Waals surface area contributed by atoms with Crippen molar-refractivity contribution in [2.45, 2.75) is 44.8 Å². The molecule has 3 N–H and O–H groups in total. The summed E-state index contributed by atoms with van der Waals surface area (Å²) in [5.41, 5.74) is 0.890. The highest BCUT2D eigenvalue weighted by Crippen LogP contribution is 2.22. The van der Waals surface area contributed by atoms with E-state index in [4.69, 9.17) is 9.84 Å². The maximum absolute atomic E-state index is 12.1. The molecule has 2 rings (SSSR count). The van der Waals surface area contributed by atoms with Crippen LogP contribution in [0.4, 0.5) is 11.4 Å². The Hall–Kier alpha value is -2.13. The van der Waals surface area contributed by atoms with Crippen molar-refractivity contribution in [3.63, 3.8) is 0 Å². The smallest absolute Gasteiger partial charge is 0.332 e. The maximum atomic E-state index is 12.1. The first-order chi connectivity index (χ1) is 11.8. The number of sulfonamides is 1. The summed E-state index contributed by atoms with van der Waals surface area (Å²) in [6, 6.07) is 6.24. The van der Waals surface area contributed by atoms with Crippen molar-refractivity contribution in [2.24, 2.45) is 0 Å². The zero-order chi connectivity index (χ0) is 18.4. The van der Waals surface area contributed by atoms with E-state index in [-0.39, 0.29) is 5.75 Å². The third-order valence-electron chi connectivity index (χ3n) is 3.78. The Labute approximate surface area is 146 Å². The first-order valence-electron chi connectivity index (χ1n) is 8.10. The molecule has 0 bridgehead atoms. The fourth-order valence-electron chi connectivity index (χ4n) is 2.42. The normalized spacial score (nSPS) is 20.2.